The van der Waals surface area contributed by atoms with E-state index in [2.05, 4.69) is 228 Å². The van der Waals surface area contributed by atoms with Crippen LogP contribution in [0.3, 0.4) is 0 Å². The van der Waals surface area contributed by atoms with Crippen molar-refractivity contribution in [3.8, 4) is 83.6 Å². The Hall–Kier alpha value is -12.1. The summed E-state index contributed by atoms with van der Waals surface area (Å²) in [5, 5.41) is 21.1. The molecule has 19 aromatic rings. The van der Waals surface area contributed by atoms with E-state index in [4.69, 9.17) is 57.7 Å². The normalized spacial score (nSPS) is 10.9. The van der Waals surface area contributed by atoms with Crippen molar-refractivity contribution in [3.63, 3.8) is 0 Å². The summed E-state index contributed by atoms with van der Waals surface area (Å²) in [5.74, 6) is 0.597. The molecule has 0 bridgehead atoms. The van der Waals surface area contributed by atoms with Crippen molar-refractivity contribution in [1.29, 1.82) is 0 Å². The average molecular weight is 1510 g/mol. The Balaban J connectivity index is 0.000000109. The zero-order valence-electron chi connectivity index (χ0n) is 57.5. The summed E-state index contributed by atoms with van der Waals surface area (Å²) < 4.78 is 23.4. The van der Waals surface area contributed by atoms with E-state index in [0.717, 1.165) is 114 Å². The van der Waals surface area contributed by atoms with Crippen LogP contribution in [-0.4, -0.2) is 12.7 Å². The van der Waals surface area contributed by atoms with Crippen molar-refractivity contribution in [1.82, 2.24) is 0 Å². The van der Waals surface area contributed by atoms with Gasteiger partial charge in [-0.3, -0.25) is 0 Å². The molecule has 11 heteroatoms. The minimum absolute atomic E-state index is 0.597. The van der Waals surface area contributed by atoms with Crippen LogP contribution in [0, 0.1) is 0 Å². The molecule has 0 saturated carbocycles. The summed E-state index contributed by atoms with van der Waals surface area (Å²) in [4.78, 5) is 0. The number of hydrogen-bond donors (Lipinski definition) is 2. The molecule has 107 heavy (non-hydrogen) atoms. The van der Waals surface area contributed by atoms with Gasteiger partial charge in [-0.1, -0.05) is 299 Å². The second kappa shape index (κ2) is 33.3. The van der Waals surface area contributed by atoms with E-state index in [-0.39, 0.29) is 0 Å². The van der Waals surface area contributed by atoms with E-state index in [9.17, 15) is 0 Å². The molecule has 6 nitrogen and oxygen atoms in total. The lowest BCUT2D eigenvalue weighted by Crippen LogP contribution is -1.99. The molecule has 0 spiro atoms. The molecule has 0 amide bonds. The highest BCUT2D eigenvalue weighted by Crippen LogP contribution is 2.37. The first-order valence-electron chi connectivity index (χ1n) is 34.8. The second-order valence-electron chi connectivity index (χ2n) is 25.3. The highest BCUT2D eigenvalue weighted by molar-refractivity contribution is 9.10. The molecular weight excluding hydrogens is 1440 g/mol. The van der Waals surface area contributed by atoms with E-state index in [0.29, 0.717) is 13.4 Å². The van der Waals surface area contributed by atoms with Crippen LogP contribution in [0.15, 0.2) is 400 Å². The molecule has 3 aromatic heterocycles. The lowest BCUT2D eigenvalue weighted by Gasteiger charge is -2.09. The summed E-state index contributed by atoms with van der Waals surface area (Å²) in [7, 11) is 0.664. The van der Waals surface area contributed by atoms with Gasteiger partial charge in [0.25, 0.3) is 0 Å². The Morgan fingerprint density at radius 3 is 0.822 bits per heavy atom. The maximum atomic E-state index is 8.47. The van der Waals surface area contributed by atoms with E-state index >= 15 is 0 Å². The van der Waals surface area contributed by atoms with E-state index in [1.54, 1.807) is 12.1 Å². The Morgan fingerprint density at radius 2 is 0.486 bits per heavy atom. The first kappa shape index (κ1) is 70.6. The van der Waals surface area contributed by atoms with E-state index < -0.39 is 0 Å². The zero-order valence-corrected chi connectivity index (χ0v) is 61.4. The van der Waals surface area contributed by atoms with Crippen LogP contribution in [0.2, 0.25) is 15.1 Å². The van der Waals surface area contributed by atoms with Crippen LogP contribution in [0.4, 0.5) is 11.4 Å². The van der Waals surface area contributed by atoms with Gasteiger partial charge in [-0.15, -0.1) is 0 Å². The fourth-order valence-corrected chi connectivity index (χ4v) is 13.6. The molecule has 0 saturated heterocycles. The summed E-state index contributed by atoms with van der Waals surface area (Å²) >= 11 is 21.2. The summed E-state index contributed by atoms with van der Waals surface area (Å²) in [5.41, 5.74) is 24.3. The Bertz CT molecular complexity index is 5880. The number of anilines is 2. The molecule has 0 unspecified atom stereocenters. The number of fused-ring (bicyclic) bond motifs is 9. The molecule has 2 N–H and O–H groups in total. The van der Waals surface area contributed by atoms with Gasteiger partial charge in [0, 0.05) is 63.2 Å². The third kappa shape index (κ3) is 17.2. The smallest absolute Gasteiger partial charge is 0.537 e. The minimum atomic E-state index is 0.597. The summed E-state index contributed by atoms with van der Waals surface area (Å²) in [6.45, 7) is 0. The van der Waals surface area contributed by atoms with Crippen molar-refractivity contribution in [3.05, 3.63) is 402 Å². The van der Waals surface area contributed by atoms with Gasteiger partial charge in [0.05, 0.1) is 0 Å². The number of benzene rings is 16. The van der Waals surface area contributed by atoms with Crippen LogP contribution >= 0.6 is 50.7 Å². The molecule has 0 aliphatic heterocycles. The van der Waals surface area contributed by atoms with Crippen molar-refractivity contribution in [2.75, 3.05) is 5.32 Å². The molecule has 19 rings (SSSR count). The van der Waals surface area contributed by atoms with Crippen LogP contribution in [0.5, 0.6) is 5.75 Å². The predicted octanol–water partition coefficient (Wildman–Crippen LogP) is 29.2. The Kier molecular flexibility index (Phi) is 22.0. The van der Waals surface area contributed by atoms with Gasteiger partial charge in [0.15, 0.2) is 0 Å². The van der Waals surface area contributed by atoms with E-state index in [1.807, 2.05) is 164 Å². The quantitative estimate of drug-likeness (QED) is 0.126. The fraction of sp³-hybridized carbons (Fsp3) is 0. The number of hydrogen-bond acceptors (Lipinski definition) is 6. The topological polar surface area (TPSA) is 80.9 Å². The van der Waals surface area contributed by atoms with Crippen LogP contribution < -0.4 is 9.97 Å². The number of halogens is 4. The number of para-hydroxylation sites is 3. The molecule has 16 aromatic carbocycles. The van der Waals surface area contributed by atoms with Gasteiger partial charge in [-0.2, -0.15) is 0 Å². The third-order valence-corrected chi connectivity index (χ3v) is 19.6. The Morgan fingerprint density at radius 1 is 0.243 bits per heavy atom. The summed E-state index contributed by atoms with van der Waals surface area (Å²) in [6.07, 6.45) is 0. The first-order chi connectivity index (χ1) is 52.6. The highest BCUT2D eigenvalue weighted by atomic mass is 79.9. The van der Waals surface area contributed by atoms with Gasteiger partial charge >= 0.3 is 7.69 Å². The number of furan rings is 3. The molecule has 0 aliphatic rings. The molecule has 0 aliphatic carbocycles. The molecule has 0 atom stereocenters. The molecular formula is C96H65BBrCl3NO5. The molecule has 1 radical (unpaired) electrons. The minimum Gasteiger partial charge on any atom is -0.537 e. The zero-order chi connectivity index (χ0) is 72.8. The molecule has 0 fully saturated rings. The van der Waals surface area contributed by atoms with Crippen molar-refractivity contribution < 1.29 is 22.9 Å². The standard InChI is InChI=1S/2C24H15ClO.C24H19N.C12H9BClO2.C12H7BrO/c2*25-20-12-9-17(10-13-20)16-5-7-18(8-6-16)19-11-14-24-22(15-19)21-3-1-2-4-23(21)26-24;1-3-7-19(8-4-1)21-11-15-23(16-12-21)25-24-17-13-22(14-18-24)20-9-5-2-6-10-20;14-11-5-1-9(2-6-11)10-3-7-12(8-4-10)16-13-15;13-8-5-6-12-10(7-8)9-3-1-2-4-11(9)14-12/h2*1-15H;1-18,25H;1-8,15H;1-7H. The Labute approximate surface area is 644 Å². The monoisotopic (exact) mass is 1510 g/mol. The maximum absolute atomic E-state index is 8.47. The number of rotatable bonds is 11. The largest absolute Gasteiger partial charge is 0.569 e. The second-order valence-corrected chi connectivity index (χ2v) is 27.5. The van der Waals surface area contributed by atoms with Crippen molar-refractivity contribution >= 4 is 136 Å². The van der Waals surface area contributed by atoms with Crippen LogP contribution in [0.1, 0.15) is 0 Å². The third-order valence-electron chi connectivity index (χ3n) is 18.4. The first-order valence-corrected chi connectivity index (χ1v) is 36.7. The average Bonchev–Trinajstić information content (AvgIpc) is 1.66. The van der Waals surface area contributed by atoms with Gasteiger partial charge in [-0.05, 0) is 211 Å². The van der Waals surface area contributed by atoms with Gasteiger partial charge in [-0.25, -0.2) is 0 Å². The van der Waals surface area contributed by atoms with Crippen LogP contribution in [0.25, 0.3) is 144 Å². The lowest BCUT2D eigenvalue weighted by atomic mass is 9.99. The van der Waals surface area contributed by atoms with Crippen molar-refractivity contribution in [2.24, 2.45) is 0 Å². The maximum Gasteiger partial charge on any atom is 0.569 e. The fourth-order valence-electron chi connectivity index (χ4n) is 12.9. The van der Waals surface area contributed by atoms with Gasteiger partial charge < -0.3 is 28.2 Å². The van der Waals surface area contributed by atoms with E-state index in [1.165, 1.54) is 61.0 Å². The molecule has 515 valence electrons. The van der Waals surface area contributed by atoms with Crippen molar-refractivity contribution in [2.45, 2.75) is 0 Å². The highest BCUT2D eigenvalue weighted by Gasteiger charge is 2.12. The van der Waals surface area contributed by atoms with Gasteiger partial charge in [0.1, 0.15) is 39.2 Å². The summed E-state index contributed by atoms with van der Waals surface area (Å²) in [6, 6.07) is 129. The van der Waals surface area contributed by atoms with Gasteiger partial charge in [0.2, 0.25) is 0 Å². The van der Waals surface area contributed by atoms with Crippen LogP contribution in [-0.2, 0) is 0 Å². The lowest BCUT2D eigenvalue weighted by molar-refractivity contribution is 0.454. The predicted molar refractivity (Wildman–Crippen MR) is 453 cm³/mol. The molecule has 3 heterocycles. The number of nitrogens with one attached hydrogen (secondary N) is 1. The SMILES string of the molecule is Brc1ccc2oc3ccccc3c2c1.Clc1ccc(-c2ccc(-c3ccc4oc5ccccc5c4c3)cc2)cc1.Clc1ccc(-c2ccc(-c3ccc4oc5ccccc5c4c3)cc2)cc1.O[B]Oc1ccc(-c2ccc(Cl)cc2)cc1.c1ccc(-c2ccc(Nc3ccc(-c4ccccc4)cc3)cc2)cc1.